The van der Waals surface area contributed by atoms with Crippen LogP contribution in [0.1, 0.15) is 33.1 Å². The van der Waals surface area contributed by atoms with Crippen LogP contribution in [-0.2, 0) is 33.3 Å². The molecule has 0 radical (unpaired) electrons. The molecule has 1 saturated heterocycles. The molecule has 0 aromatic carbocycles. The van der Waals surface area contributed by atoms with Crippen LogP contribution in [0.5, 0.6) is 0 Å². The van der Waals surface area contributed by atoms with Gasteiger partial charge in [-0.25, -0.2) is 4.79 Å². The second-order valence-electron chi connectivity index (χ2n) is 5.51. The highest BCUT2D eigenvalue weighted by molar-refractivity contribution is 7.86. The van der Waals surface area contributed by atoms with Crippen molar-refractivity contribution < 1.29 is 31.6 Å². The van der Waals surface area contributed by atoms with Crippen molar-refractivity contribution in [2.45, 2.75) is 57.2 Å². The lowest BCUT2D eigenvalue weighted by atomic mass is 9.92. The number of methoxy groups -OCH3 is 1. The summed E-state index contributed by atoms with van der Waals surface area (Å²) < 4.78 is 44.7. The van der Waals surface area contributed by atoms with E-state index in [9.17, 15) is 13.2 Å². The third-order valence-corrected chi connectivity index (χ3v) is 4.58. The standard InChI is InChI=1S/C14H22O7S/c1-5-14(6-2)19-10-7-9(13(15)18-3)8-11(12(10)20-14)21-22(4,16)17/h8,10-12H,5-7H2,1-4H3. The molecule has 1 aliphatic heterocycles. The van der Waals surface area contributed by atoms with E-state index in [0.717, 1.165) is 6.26 Å². The van der Waals surface area contributed by atoms with Gasteiger partial charge in [-0.15, -0.1) is 0 Å². The van der Waals surface area contributed by atoms with Gasteiger partial charge in [-0.3, -0.25) is 4.18 Å². The summed E-state index contributed by atoms with van der Waals surface area (Å²) in [6.07, 6.45) is 2.06. The monoisotopic (exact) mass is 334 g/mol. The van der Waals surface area contributed by atoms with Crippen molar-refractivity contribution in [1.82, 2.24) is 0 Å². The number of rotatable bonds is 5. The van der Waals surface area contributed by atoms with E-state index in [0.29, 0.717) is 24.8 Å². The highest BCUT2D eigenvalue weighted by Crippen LogP contribution is 2.41. The number of carbonyl (C=O) groups is 1. The molecule has 8 heteroatoms. The molecule has 1 aliphatic carbocycles. The van der Waals surface area contributed by atoms with Crippen LogP contribution in [0.2, 0.25) is 0 Å². The third-order valence-electron chi connectivity index (χ3n) is 4.00. The first-order valence-corrected chi connectivity index (χ1v) is 9.08. The van der Waals surface area contributed by atoms with Crippen LogP contribution in [0.3, 0.4) is 0 Å². The number of fused-ring (bicyclic) bond motifs is 1. The van der Waals surface area contributed by atoms with Gasteiger partial charge >= 0.3 is 5.97 Å². The number of hydrogen-bond acceptors (Lipinski definition) is 7. The molecular formula is C14H22O7S. The van der Waals surface area contributed by atoms with E-state index in [4.69, 9.17) is 18.4 Å². The van der Waals surface area contributed by atoms with Crippen molar-refractivity contribution in [3.05, 3.63) is 11.6 Å². The lowest BCUT2D eigenvalue weighted by Crippen LogP contribution is -2.41. The molecule has 0 bridgehead atoms. The van der Waals surface area contributed by atoms with E-state index in [1.807, 2.05) is 13.8 Å². The Kier molecular flexibility index (Phi) is 4.96. The fourth-order valence-corrected chi connectivity index (χ4v) is 3.43. The maximum Gasteiger partial charge on any atom is 0.333 e. The van der Waals surface area contributed by atoms with Crippen molar-refractivity contribution in [2.24, 2.45) is 0 Å². The molecular weight excluding hydrogens is 312 g/mol. The molecule has 0 aromatic heterocycles. The summed E-state index contributed by atoms with van der Waals surface area (Å²) in [5.41, 5.74) is 0.337. The zero-order valence-corrected chi connectivity index (χ0v) is 14.0. The topological polar surface area (TPSA) is 88.1 Å². The van der Waals surface area contributed by atoms with Gasteiger partial charge in [0.2, 0.25) is 0 Å². The quantitative estimate of drug-likeness (QED) is 0.550. The smallest absolute Gasteiger partial charge is 0.333 e. The van der Waals surface area contributed by atoms with Crippen molar-refractivity contribution in [3.63, 3.8) is 0 Å². The van der Waals surface area contributed by atoms with E-state index in [2.05, 4.69) is 0 Å². The highest BCUT2D eigenvalue weighted by Gasteiger charge is 2.51. The fraction of sp³-hybridized carbons (Fsp3) is 0.786. The Morgan fingerprint density at radius 2 is 2.00 bits per heavy atom. The van der Waals surface area contributed by atoms with Gasteiger partial charge in [0.25, 0.3) is 10.1 Å². The van der Waals surface area contributed by atoms with Crippen LogP contribution in [0, 0.1) is 0 Å². The van der Waals surface area contributed by atoms with E-state index < -0.39 is 40.2 Å². The van der Waals surface area contributed by atoms with Crippen LogP contribution in [0.25, 0.3) is 0 Å². The summed E-state index contributed by atoms with van der Waals surface area (Å²) in [5.74, 6) is -1.29. The largest absolute Gasteiger partial charge is 0.466 e. The lowest BCUT2D eigenvalue weighted by molar-refractivity contribution is -0.182. The lowest BCUT2D eigenvalue weighted by Gasteiger charge is -2.28. The molecule has 1 heterocycles. The predicted octanol–water partition coefficient (Wildman–Crippen LogP) is 1.13. The van der Waals surface area contributed by atoms with Gasteiger partial charge in [-0.2, -0.15) is 8.42 Å². The normalized spacial score (nSPS) is 30.5. The van der Waals surface area contributed by atoms with Gasteiger partial charge in [0.15, 0.2) is 5.79 Å². The Morgan fingerprint density at radius 1 is 1.36 bits per heavy atom. The van der Waals surface area contributed by atoms with Crippen molar-refractivity contribution >= 4 is 16.1 Å². The van der Waals surface area contributed by atoms with Crippen molar-refractivity contribution in [1.29, 1.82) is 0 Å². The molecule has 3 atom stereocenters. The average Bonchev–Trinajstić information content (AvgIpc) is 2.84. The number of hydrogen-bond donors (Lipinski definition) is 0. The fourth-order valence-electron chi connectivity index (χ4n) is 2.86. The van der Waals surface area contributed by atoms with Gasteiger partial charge < -0.3 is 14.2 Å². The Labute approximate surface area is 130 Å². The maximum atomic E-state index is 11.8. The first-order chi connectivity index (χ1) is 10.2. The molecule has 1 fully saturated rings. The Balaban J connectivity index is 2.32. The second kappa shape index (κ2) is 6.27. The Bertz CT molecular complexity index is 562. The van der Waals surface area contributed by atoms with Gasteiger partial charge in [0.05, 0.1) is 19.5 Å². The van der Waals surface area contributed by atoms with E-state index >= 15 is 0 Å². The van der Waals surface area contributed by atoms with Crippen LogP contribution in [0.4, 0.5) is 0 Å². The zero-order valence-electron chi connectivity index (χ0n) is 13.2. The second-order valence-corrected chi connectivity index (χ2v) is 7.11. The minimum absolute atomic E-state index is 0.308. The molecule has 7 nitrogen and oxygen atoms in total. The van der Waals surface area contributed by atoms with Crippen LogP contribution >= 0.6 is 0 Å². The first-order valence-electron chi connectivity index (χ1n) is 7.26. The minimum atomic E-state index is -3.70. The average molecular weight is 334 g/mol. The van der Waals surface area contributed by atoms with E-state index in [1.54, 1.807) is 0 Å². The molecule has 0 amide bonds. The van der Waals surface area contributed by atoms with Gasteiger partial charge in [0.1, 0.15) is 12.2 Å². The highest BCUT2D eigenvalue weighted by atomic mass is 32.2. The summed E-state index contributed by atoms with van der Waals surface area (Å²) >= 11 is 0. The minimum Gasteiger partial charge on any atom is -0.466 e. The molecule has 0 spiro atoms. The van der Waals surface area contributed by atoms with E-state index in [-0.39, 0.29) is 0 Å². The molecule has 0 aromatic rings. The predicted molar refractivity (Wildman–Crippen MR) is 77.5 cm³/mol. The summed E-state index contributed by atoms with van der Waals surface area (Å²) in [7, 11) is -2.43. The first kappa shape index (κ1) is 17.4. The van der Waals surface area contributed by atoms with Crippen molar-refractivity contribution in [2.75, 3.05) is 13.4 Å². The van der Waals surface area contributed by atoms with Gasteiger partial charge in [-0.1, -0.05) is 13.8 Å². The molecule has 22 heavy (non-hydrogen) atoms. The maximum absolute atomic E-state index is 11.8. The Morgan fingerprint density at radius 3 is 2.50 bits per heavy atom. The molecule has 2 rings (SSSR count). The number of carbonyl (C=O) groups excluding carboxylic acids is 1. The Hall–Kier alpha value is -0.960. The number of esters is 1. The molecule has 3 unspecified atom stereocenters. The van der Waals surface area contributed by atoms with Crippen LogP contribution in [-0.4, -0.2) is 51.9 Å². The van der Waals surface area contributed by atoms with Crippen molar-refractivity contribution in [3.8, 4) is 0 Å². The summed E-state index contributed by atoms with van der Waals surface area (Å²) in [6.45, 7) is 3.86. The molecule has 2 aliphatic rings. The van der Waals surface area contributed by atoms with Crippen LogP contribution in [0.15, 0.2) is 11.6 Å². The molecule has 0 N–H and O–H groups in total. The van der Waals surface area contributed by atoms with E-state index in [1.165, 1.54) is 13.2 Å². The molecule has 126 valence electrons. The summed E-state index contributed by atoms with van der Waals surface area (Å²) in [5, 5.41) is 0. The molecule has 0 saturated carbocycles. The van der Waals surface area contributed by atoms with Gasteiger partial charge in [-0.05, 0) is 18.9 Å². The summed E-state index contributed by atoms with van der Waals surface area (Å²) in [6, 6.07) is 0. The summed E-state index contributed by atoms with van der Waals surface area (Å²) in [4.78, 5) is 11.8. The van der Waals surface area contributed by atoms with Crippen LogP contribution < -0.4 is 0 Å². The van der Waals surface area contributed by atoms with Gasteiger partial charge in [0, 0.05) is 12.0 Å². The zero-order chi connectivity index (χ0) is 16.5. The number of ether oxygens (including phenoxy) is 3. The SMILES string of the molecule is CCC1(CC)OC2CC(C(=O)OC)=CC(OS(C)(=O)=O)C2O1. The third kappa shape index (κ3) is 3.51.